The Hall–Kier alpha value is -1.86. The van der Waals surface area contributed by atoms with Gasteiger partial charge in [0.15, 0.2) is 0 Å². The van der Waals surface area contributed by atoms with E-state index < -0.39 is 41.5 Å². The van der Waals surface area contributed by atoms with Crippen LogP contribution in [-0.4, -0.2) is 18.6 Å². The van der Waals surface area contributed by atoms with Gasteiger partial charge in [0.1, 0.15) is 18.2 Å². The first kappa shape index (κ1) is 13.2. The van der Waals surface area contributed by atoms with Crippen LogP contribution in [0.2, 0.25) is 0 Å². The zero-order valence-electron chi connectivity index (χ0n) is 8.24. The summed E-state index contributed by atoms with van der Waals surface area (Å²) in [6, 6.07) is 0.966. The Kier molecular flexibility index (Phi) is 3.54. The first-order valence-corrected chi connectivity index (χ1v) is 4.30. The minimum atomic E-state index is -4.61. The Bertz CT molecular complexity index is 444. The molecule has 0 radical (unpaired) electrons. The maximum absolute atomic E-state index is 13.1. The summed E-state index contributed by atoms with van der Waals surface area (Å²) < 4.78 is 61.1. The van der Waals surface area contributed by atoms with E-state index in [0.29, 0.717) is 12.1 Å². The predicted molar refractivity (Wildman–Crippen MR) is 49.2 cm³/mol. The molecule has 0 atom stereocenters. The van der Waals surface area contributed by atoms with E-state index in [-0.39, 0.29) is 0 Å². The van der Waals surface area contributed by atoms with Gasteiger partial charge in [-0.05, 0) is 6.07 Å². The fraction of sp³-hybridized carbons (Fsp3) is 0.222. The fourth-order valence-electron chi connectivity index (χ4n) is 1.02. The average Bonchev–Trinajstić information content (AvgIpc) is 2.19. The van der Waals surface area contributed by atoms with Gasteiger partial charge in [-0.1, -0.05) is 0 Å². The number of hydrogen-bond donors (Lipinski definition) is 2. The van der Waals surface area contributed by atoms with E-state index in [2.05, 4.69) is 0 Å². The highest BCUT2D eigenvalue weighted by molar-refractivity contribution is 5.95. The molecule has 0 saturated heterocycles. The van der Waals surface area contributed by atoms with Crippen molar-refractivity contribution in [1.29, 1.82) is 0 Å². The predicted octanol–water partition coefficient (Wildman–Crippen LogP) is 1.84. The highest BCUT2D eigenvalue weighted by atomic mass is 19.4. The van der Waals surface area contributed by atoms with Gasteiger partial charge in [-0.2, -0.15) is 13.2 Å². The van der Waals surface area contributed by atoms with Crippen molar-refractivity contribution in [2.75, 3.05) is 12.3 Å². The second-order valence-corrected chi connectivity index (χ2v) is 3.15. The molecule has 0 aliphatic heterocycles. The number of alkyl halides is 3. The van der Waals surface area contributed by atoms with E-state index >= 15 is 0 Å². The third-order valence-electron chi connectivity index (χ3n) is 1.78. The molecule has 94 valence electrons. The number of nitrogens with one attached hydrogen (secondary N) is 1. The third kappa shape index (κ3) is 3.58. The lowest BCUT2D eigenvalue weighted by Crippen LogP contribution is -2.34. The summed E-state index contributed by atoms with van der Waals surface area (Å²) in [5.41, 5.74) is 3.80. The summed E-state index contributed by atoms with van der Waals surface area (Å²) in [5, 5.41) is 1.44. The summed E-state index contributed by atoms with van der Waals surface area (Å²) in [5.74, 6) is -3.68. The highest BCUT2D eigenvalue weighted by Crippen LogP contribution is 2.17. The van der Waals surface area contributed by atoms with Crippen LogP contribution in [0.3, 0.4) is 0 Å². The van der Waals surface area contributed by atoms with Crippen molar-refractivity contribution in [3.63, 3.8) is 0 Å². The average molecular weight is 254 g/mol. The molecule has 0 aliphatic carbocycles. The summed E-state index contributed by atoms with van der Waals surface area (Å²) in [6.07, 6.45) is -4.61. The molecule has 0 saturated carbocycles. The SMILES string of the molecule is Nc1cc(C(=O)NCC(F)(F)F)c(F)cc1F. The molecule has 0 unspecified atom stereocenters. The van der Waals surface area contributed by atoms with Gasteiger partial charge in [0.05, 0.1) is 11.3 Å². The Morgan fingerprint density at radius 3 is 2.35 bits per heavy atom. The molecule has 1 aromatic carbocycles. The van der Waals surface area contributed by atoms with Gasteiger partial charge >= 0.3 is 6.18 Å². The largest absolute Gasteiger partial charge is 0.405 e. The van der Waals surface area contributed by atoms with Crippen LogP contribution in [0.1, 0.15) is 10.4 Å². The molecule has 1 amide bonds. The van der Waals surface area contributed by atoms with Crippen molar-refractivity contribution < 1.29 is 26.7 Å². The highest BCUT2D eigenvalue weighted by Gasteiger charge is 2.28. The van der Waals surface area contributed by atoms with E-state index in [9.17, 15) is 26.7 Å². The number of nitrogen functional groups attached to an aromatic ring is 1. The molecule has 1 rings (SSSR count). The third-order valence-corrected chi connectivity index (χ3v) is 1.78. The van der Waals surface area contributed by atoms with Crippen LogP contribution < -0.4 is 11.1 Å². The van der Waals surface area contributed by atoms with E-state index in [0.717, 1.165) is 0 Å². The van der Waals surface area contributed by atoms with Crippen LogP contribution in [0.5, 0.6) is 0 Å². The zero-order valence-corrected chi connectivity index (χ0v) is 8.24. The number of hydrogen-bond acceptors (Lipinski definition) is 2. The van der Waals surface area contributed by atoms with Crippen LogP contribution in [0.4, 0.5) is 27.6 Å². The molecule has 1 aromatic rings. The summed E-state index contributed by atoms with van der Waals surface area (Å²) in [7, 11) is 0. The molecular formula is C9H7F5N2O. The van der Waals surface area contributed by atoms with E-state index in [1.165, 1.54) is 5.32 Å². The lowest BCUT2D eigenvalue weighted by atomic mass is 10.1. The molecular weight excluding hydrogens is 247 g/mol. The van der Waals surface area contributed by atoms with Crippen molar-refractivity contribution in [3.05, 3.63) is 29.3 Å². The van der Waals surface area contributed by atoms with E-state index in [1.54, 1.807) is 0 Å². The maximum atomic E-state index is 13.1. The molecule has 0 bridgehead atoms. The summed E-state index contributed by atoms with van der Waals surface area (Å²) in [4.78, 5) is 11.1. The number of nitrogens with two attached hydrogens (primary N) is 1. The maximum Gasteiger partial charge on any atom is 0.405 e. The Labute approximate surface area is 92.4 Å². The van der Waals surface area contributed by atoms with Crippen molar-refractivity contribution in [1.82, 2.24) is 5.32 Å². The van der Waals surface area contributed by atoms with Gasteiger partial charge in [-0.15, -0.1) is 0 Å². The van der Waals surface area contributed by atoms with Gasteiger partial charge < -0.3 is 11.1 Å². The minimum Gasteiger partial charge on any atom is -0.396 e. The lowest BCUT2D eigenvalue weighted by Gasteiger charge is -2.09. The smallest absolute Gasteiger partial charge is 0.396 e. The number of anilines is 1. The van der Waals surface area contributed by atoms with Gasteiger partial charge in [0, 0.05) is 6.07 Å². The first-order chi connectivity index (χ1) is 7.70. The van der Waals surface area contributed by atoms with Crippen LogP contribution in [-0.2, 0) is 0 Å². The number of benzene rings is 1. The number of halogens is 5. The molecule has 0 aliphatic rings. The van der Waals surface area contributed by atoms with E-state index in [4.69, 9.17) is 5.73 Å². The lowest BCUT2D eigenvalue weighted by molar-refractivity contribution is -0.123. The number of carbonyl (C=O) groups excluding carboxylic acids is 1. The topological polar surface area (TPSA) is 55.1 Å². The molecule has 0 fully saturated rings. The Morgan fingerprint density at radius 2 is 1.82 bits per heavy atom. The second kappa shape index (κ2) is 4.56. The molecule has 3 nitrogen and oxygen atoms in total. The first-order valence-electron chi connectivity index (χ1n) is 4.30. The monoisotopic (exact) mass is 254 g/mol. The fourth-order valence-corrected chi connectivity index (χ4v) is 1.02. The molecule has 17 heavy (non-hydrogen) atoms. The molecule has 0 heterocycles. The van der Waals surface area contributed by atoms with Crippen LogP contribution in [0.25, 0.3) is 0 Å². The van der Waals surface area contributed by atoms with Crippen molar-refractivity contribution in [2.45, 2.75) is 6.18 Å². The quantitative estimate of drug-likeness (QED) is 0.625. The zero-order chi connectivity index (χ0) is 13.2. The molecule has 8 heteroatoms. The Balaban J connectivity index is 2.86. The van der Waals surface area contributed by atoms with Crippen LogP contribution in [0, 0.1) is 11.6 Å². The normalized spacial score (nSPS) is 11.4. The van der Waals surface area contributed by atoms with Gasteiger partial charge in [0.2, 0.25) is 0 Å². The summed E-state index contributed by atoms with van der Waals surface area (Å²) >= 11 is 0. The number of rotatable bonds is 2. The second-order valence-electron chi connectivity index (χ2n) is 3.15. The van der Waals surface area contributed by atoms with E-state index in [1.807, 2.05) is 0 Å². The van der Waals surface area contributed by atoms with Crippen molar-refractivity contribution in [2.24, 2.45) is 0 Å². The number of carbonyl (C=O) groups is 1. The Morgan fingerprint density at radius 1 is 1.24 bits per heavy atom. The molecule has 3 N–H and O–H groups in total. The standard InChI is InChI=1S/C9H7F5N2O/c10-5-2-6(11)7(15)1-4(5)8(17)16-3-9(12,13)14/h1-2H,3,15H2,(H,16,17). The van der Waals surface area contributed by atoms with Crippen molar-refractivity contribution >= 4 is 11.6 Å². The number of amides is 1. The minimum absolute atomic E-state index is 0.331. The van der Waals surface area contributed by atoms with Gasteiger partial charge in [-0.25, -0.2) is 8.78 Å². The van der Waals surface area contributed by atoms with Gasteiger partial charge in [0.25, 0.3) is 5.91 Å². The molecule has 0 spiro atoms. The summed E-state index contributed by atoms with van der Waals surface area (Å²) in [6.45, 7) is -1.61. The van der Waals surface area contributed by atoms with Crippen LogP contribution >= 0.6 is 0 Å². The van der Waals surface area contributed by atoms with Gasteiger partial charge in [-0.3, -0.25) is 4.79 Å². The van der Waals surface area contributed by atoms with Crippen LogP contribution in [0.15, 0.2) is 12.1 Å². The van der Waals surface area contributed by atoms with Crippen molar-refractivity contribution in [3.8, 4) is 0 Å². The molecule has 0 aromatic heterocycles.